The van der Waals surface area contributed by atoms with Gasteiger partial charge in [0.25, 0.3) is 5.91 Å². The molecule has 2 rings (SSSR count). The van der Waals surface area contributed by atoms with Crippen molar-refractivity contribution in [2.24, 2.45) is 7.05 Å². The maximum Gasteiger partial charge on any atom is 0.254 e. The van der Waals surface area contributed by atoms with Gasteiger partial charge in [0.1, 0.15) is 0 Å². The third-order valence-electron chi connectivity index (χ3n) is 4.23. The molecule has 1 fully saturated rings. The van der Waals surface area contributed by atoms with Crippen molar-refractivity contribution in [3.8, 4) is 0 Å². The molecule has 0 atom stereocenters. The average Bonchev–Trinajstić information content (AvgIpc) is 2.78. The summed E-state index contributed by atoms with van der Waals surface area (Å²) < 4.78 is 1.74. The Morgan fingerprint density at radius 2 is 2.00 bits per heavy atom. The molecule has 5 nitrogen and oxygen atoms in total. The van der Waals surface area contributed by atoms with Crippen LogP contribution >= 0.6 is 0 Å². The molecule has 1 saturated carbocycles. The van der Waals surface area contributed by atoms with Crippen LogP contribution in [-0.4, -0.2) is 34.3 Å². The van der Waals surface area contributed by atoms with E-state index in [9.17, 15) is 4.79 Å². The number of aromatic nitrogens is 2. The molecule has 0 saturated heterocycles. The van der Waals surface area contributed by atoms with Gasteiger partial charge in [-0.05, 0) is 45.6 Å². The van der Waals surface area contributed by atoms with Gasteiger partial charge in [-0.25, -0.2) is 0 Å². The topological polar surface area (TPSA) is 58.9 Å². The van der Waals surface area contributed by atoms with E-state index in [1.54, 1.807) is 10.9 Å². The summed E-state index contributed by atoms with van der Waals surface area (Å²) in [6.07, 6.45) is 7.25. The minimum Gasteiger partial charge on any atom is -0.349 e. The van der Waals surface area contributed by atoms with Gasteiger partial charge in [-0.3, -0.25) is 9.48 Å². The number of nitrogens with one attached hydrogen (secondary N) is 2. The van der Waals surface area contributed by atoms with Gasteiger partial charge in [-0.1, -0.05) is 6.92 Å². The zero-order chi connectivity index (χ0) is 14.5. The molecule has 20 heavy (non-hydrogen) atoms. The van der Waals surface area contributed by atoms with E-state index >= 15 is 0 Å². The van der Waals surface area contributed by atoms with E-state index < -0.39 is 0 Å². The van der Waals surface area contributed by atoms with Gasteiger partial charge in [-0.2, -0.15) is 5.10 Å². The minimum absolute atomic E-state index is 0.0144. The normalized spacial score (nSPS) is 22.8. The Hall–Kier alpha value is -1.36. The maximum atomic E-state index is 12.2. The number of nitrogens with zero attached hydrogens (tertiary/aromatic N) is 2. The molecule has 0 unspecified atom stereocenters. The van der Waals surface area contributed by atoms with Crippen molar-refractivity contribution in [3.63, 3.8) is 0 Å². The van der Waals surface area contributed by atoms with E-state index in [1.165, 1.54) is 6.42 Å². The lowest BCUT2D eigenvalue weighted by atomic mass is 9.91. The maximum absolute atomic E-state index is 12.2. The first-order valence-corrected chi connectivity index (χ1v) is 7.64. The van der Waals surface area contributed by atoms with Crippen molar-refractivity contribution in [2.75, 3.05) is 6.54 Å². The second kappa shape index (κ2) is 6.88. The summed E-state index contributed by atoms with van der Waals surface area (Å²) in [6.45, 7) is 5.21. The number of amides is 1. The van der Waals surface area contributed by atoms with Crippen LogP contribution in [0.5, 0.6) is 0 Å². The minimum atomic E-state index is 0.0144. The Balaban J connectivity index is 1.81. The van der Waals surface area contributed by atoms with Gasteiger partial charge >= 0.3 is 0 Å². The summed E-state index contributed by atoms with van der Waals surface area (Å²) in [5, 5.41) is 10.8. The lowest BCUT2D eigenvalue weighted by molar-refractivity contribution is 0.0923. The monoisotopic (exact) mass is 278 g/mol. The van der Waals surface area contributed by atoms with Crippen LogP contribution in [0.3, 0.4) is 0 Å². The lowest BCUT2D eigenvalue weighted by Crippen LogP contribution is -2.42. The van der Waals surface area contributed by atoms with Crippen LogP contribution in [0, 0.1) is 6.92 Å². The number of aryl methyl sites for hydroxylation is 1. The van der Waals surface area contributed by atoms with Crippen LogP contribution in [0.15, 0.2) is 6.20 Å². The van der Waals surface area contributed by atoms with E-state index in [4.69, 9.17) is 0 Å². The summed E-state index contributed by atoms with van der Waals surface area (Å²) in [5.74, 6) is 0.0144. The molecule has 1 aliphatic rings. The van der Waals surface area contributed by atoms with Gasteiger partial charge < -0.3 is 10.6 Å². The van der Waals surface area contributed by atoms with E-state index in [0.717, 1.165) is 37.9 Å². The molecule has 1 heterocycles. The molecule has 1 amide bonds. The third-order valence-corrected chi connectivity index (χ3v) is 4.23. The molecule has 0 bridgehead atoms. The summed E-state index contributed by atoms with van der Waals surface area (Å²) in [5.41, 5.74) is 1.61. The molecule has 0 aromatic carbocycles. The number of carbonyl (C=O) groups is 1. The summed E-state index contributed by atoms with van der Waals surface area (Å²) >= 11 is 0. The van der Waals surface area contributed by atoms with E-state index in [0.29, 0.717) is 17.6 Å². The Morgan fingerprint density at radius 3 is 2.55 bits per heavy atom. The van der Waals surface area contributed by atoms with Gasteiger partial charge in [0.05, 0.1) is 11.8 Å². The second-order valence-corrected chi connectivity index (χ2v) is 5.74. The fraction of sp³-hybridized carbons (Fsp3) is 0.733. The molecular formula is C15H26N4O. The molecule has 0 aliphatic heterocycles. The highest BCUT2D eigenvalue weighted by Crippen LogP contribution is 2.19. The second-order valence-electron chi connectivity index (χ2n) is 5.74. The smallest absolute Gasteiger partial charge is 0.254 e. The highest BCUT2D eigenvalue weighted by atomic mass is 16.1. The van der Waals surface area contributed by atoms with Crippen LogP contribution < -0.4 is 10.6 Å². The first kappa shape index (κ1) is 15.0. The third kappa shape index (κ3) is 3.60. The highest BCUT2D eigenvalue weighted by molar-refractivity contribution is 5.95. The number of rotatable bonds is 5. The quantitative estimate of drug-likeness (QED) is 0.863. The molecule has 0 radical (unpaired) electrons. The SMILES string of the molecule is CCCNC1CCC(NC(=O)c2cnn(C)c2C)CC1. The molecule has 5 heteroatoms. The molecular weight excluding hydrogens is 252 g/mol. The first-order valence-electron chi connectivity index (χ1n) is 7.64. The zero-order valence-electron chi connectivity index (χ0n) is 12.8. The van der Waals surface area contributed by atoms with Crippen molar-refractivity contribution >= 4 is 5.91 Å². The Bertz CT molecular complexity index is 447. The predicted octanol–water partition coefficient (Wildman–Crippen LogP) is 1.77. The Labute approximate surface area is 121 Å². The zero-order valence-corrected chi connectivity index (χ0v) is 12.8. The van der Waals surface area contributed by atoms with Crippen LogP contribution in [0.2, 0.25) is 0 Å². The van der Waals surface area contributed by atoms with Gasteiger partial charge in [-0.15, -0.1) is 0 Å². The molecule has 0 spiro atoms. The number of hydrogen-bond acceptors (Lipinski definition) is 3. The Kier molecular flexibility index (Phi) is 5.17. The molecule has 1 aromatic heterocycles. The molecule has 112 valence electrons. The predicted molar refractivity (Wildman–Crippen MR) is 79.7 cm³/mol. The van der Waals surface area contributed by atoms with Crippen LogP contribution in [0.4, 0.5) is 0 Å². The number of carbonyl (C=O) groups excluding carboxylic acids is 1. The number of hydrogen-bond donors (Lipinski definition) is 2. The Morgan fingerprint density at radius 1 is 1.35 bits per heavy atom. The molecule has 2 N–H and O–H groups in total. The van der Waals surface area contributed by atoms with E-state index in [2.05, 4.69) is 22.7 Å². The fourth-order valence-electron chi connectivity index (χ4n) is 2.78. The molecule has 1 aromatic rings. The summed E-state index contributed by atoms with van der Waals surface area (Å²) in [4.78, 5) is 12.2. The van der Waals surface area contributed by atoms with Gasteiger partial charge in [0.15, 0.2) is 0 Å². The van der Waals surface area contributed by atoms with Gasteiger partial charge in [0.2, 0.25) is 0 Å². The van der Waals surface area contributed by atoms with Crippen LogP contribution in [-0.2, 0) is 7.05 Å². The standard InChI is InChI=1S/C15H26N4O/c1-4-9-16-12-5-7-13(8-6-12)18-15(20)14-10-17-19(3)11(14)2/h10,12-13,16H,4-9H2,1-3H3,(H,18,20). The van der Waals surface area contributed by atoms with Crippen LogP contribution in [0.25, 0.3) is 0 Å². The highest BCUT2D eigenvalue weighted by Gasteiger charge is 2.23. The van der Waals surface area contributed by atoms with E-state index in [1.807, 2.05) is 14.0 Å². The lowest BCUT2D eigenvalue weighted by Gasteiger charge is -2.29. The van der Waals surface area contributed by atoms with Gasteiger partial charge in [0, 0.05) is 24.8 Å². The van der Waals surface area contributed by atoms with Crippen molar-refractivity contribution in [1.29, 1.82) is 0 Å². The van der Waals surface area contributed by atoms with Crippen molar-refractivity contribution in [3.05, 3.63) is 17.5 Å². The average molecular weight is 278 g/mol. The molecule has 1 aliphatic carbocycles. The fourth-order valence-corrected chi connectivity index (χ4v) is 2.78. The largest absolute Gasteiger partial charge is 0.349 e. The van der Waals surface area contributed by atoms with Crippen molar-refractivity contribution in [1.82, 2.24) is 20.4 Å². The van der Waals surface area contributed by atoms with Crippen molar-refractivity contribution < 1.29 is 4.79 Å². The van der Waals surface area contributed by atoms with Crippen LogP contribution in [0.1, 0.15) is 55.1 Å². The summed E-state index contributed by atoms with van der Waals surface area (Å²) in [6, 6.07) is 0.935. The van der Waals surface area contributed by atoms with Crippen molar-refractivity contribution in [2.45, 2.75) is 58.0 Å². The summed E-state index contributed by atoms with van der Waals surface area (Å²) in [7, 11) is 1.86. The van der Waals surface area contributed by atoms with E-state index in [-0.39, 0.29) is 5.91 Å². The first-order chi connectivity index (χ1) is 9.61.